The molecule has 1 unspecified atom stereocenters. The molecule has 0 spiro atoms. The van der Waals surface area contributed by atoms with Crippen LogP contribution in [0.25, 0.3) is 10.4 Å². The van der Waals surface area contributed by atoms with Gasteiger partial charge in [-0.2, -0.15) is 0 Å². The Kier molecular flexibility index (Phi) is 4.57. The van der Waals surface area contributed by atoms with Crippen molar-refractivity contribution in [3.05, 3.63) is 46.8 Å². The van der Waals surface area contributed by atoms with Crippen LogP contribution in [0.2, 0.25) is 0 Å². The van der Waals surface area contributed by atoms with Crippen LogP contribution < -0.4 is 0 Å². The van der Waals surface area contributed by atoms with Crippen molar-refractivity contribution in [3.63, 3.8) is 0 Å². The summed E-state index contributed by atoms with van der Waals surface area (Å²) in [7, 11) is 5.24. The van der Waals surface area contributed by atoms with E-state index in [1.807, 2.05) is 19.1 Å². The molecule has 20 heavy (non-hydrogen) atoms. The van der Waals surface area contributed by atoms with E-state index in [0.29, 0.717) is 0 Å². The maximum Gasteiger partial charge on any atom is 0.263 e. The zero-order valence-corrected chi connectivity index (χ0v) is 13.0. The monoisotopic (exact) mass is 289 g/mol. The van der Waals surface area contributed by atoms with Gasteiger partial charge >= 0.3 is 0 Å². The Bertz CT molecular complexity index is 587. The lowest BCUT2D eigenvalue weighted by Crippen LogP contribution is -2.20. The van der Waals surface area contributed by atoms with E-state index in [2.05, 4.69) is 24.3 Å². The van der Waals surface area contributed by atoms with Crippen LogP contribution in [0.15, 0.2) is 36.4 Å². The fourth-order valence-corrected chi connectivity index (χ4v) is 2.92. The summed E-state index contributed by atoms with van der Waals surface area (Å²) in [4.78, 5) is 15.4. The van der Waals surface area contributed by atoms with Gasteiger partial charge in [-0.1, -0.05) is 24.3 Å². The number of rotatable bonds is 4. The van der Waals surface area contributed by atoms with Crippen LogP contribution in [0.3, 0.4) is 0 Å². The lowest BCUT2D eigenvalue weighted by Gasteiger charge is -2.10. The molecule has 0 bridgehead atoms. The van der Waals surface area contributed by atoms with Crippen LogP contribution in [0.1, 0.15) is 28.3 Å². The summed E-state index contributed by atoms with van der Waals surface area (Å²) >= 11 is 1.52. The maximum absolute atomic E-state index is 11.9. The first-order valence-corrected chi connectivity index (χ1v) is 7.29. The van der Waals surface area contributed by atoms with Crippen molar-refractivity contribution in [2.75, 3.05) is 21.2 Å². The third-order valence-corrected chi connectivity index (χ3v) is 4.36. The lowest BCUT2D eigenvalue weighted by atomic mass is 10.1. The van der Waals surface area contributed by atoms with Crippen molar-refractivity contribution in [2.45, 2.75) is 13.0 Å². The topological polar surface area (TPSA) is 29.5 Å². The van der Waals surface area contributed by atoms with Crippen molar-refractivity contribution in [1.82, 2.24) is 4.90 Å². The van der Waals surface area contributed by atoms with Gasteiger partial charge in [0, 0.05) is 26.1 Å². The van der Waals surface area contributed by atoms with E-state index in [0.717, 1.165) is 20.9 Å². The van der Waals surface area contributed by atoms with Gasteiger partial charge in [-0.3, -0.25) is 4.79 Å². The fraction of sp³-hybridized carbons (Fsp3) is 0.312. The molecule has 106 valence electrons. The molecule has 4 heteroatoms. The molecule has 0 N–H and O–H groups in total. The first-order valence-electron chi connectivity index (χ1n) is 6.47. The summed E-state index contributed by atoms with van der Waals surface area (Å²) in [6.07, 6.45) is 0.0956. The maximum atomic E-state index is 11.9. The highest BCUT2D eigenvalue weighted by atomic mass is 32.1. The van der Waals surface area contributed by atoms with E-state index in [9.17, 15) is 4.79 Å². The summed E-state index contributed by atoms with van der Waals surface area (Å²) in [5.41, 5.74) is 2.28. The van der Waals surface area contributed by atoms with E-state index < -0.39 is 0 Å². The number of amides is 1. The molecule has 1 atom stereocenters. The van der Waals surface area contributed by atoms with Gasteiger partial charge < -0.3 is 9.64 Å². The van der Waals surface area contributed by atoms with Crippen LogP contribution in [0, 0.1) is 0 Å². The average molecular weight is 289 g/mol. The third-order valence-electron chi connectivity index (χ3n) is 3.24. The Balaban J connectivity index is 2.22. The molecule has 0 aliphatic rings. The highest BCUT2D eigenvalue weighted by molar-refractivity contribution is 7.17. The lowest BCUT2D eigenvalue weighted by molar-refractivity contribution is 0.0832. The summed E-state index contributed by atoms with van der Waals surface area (Å²) in [6, 6.07) is 12.2. The Morgan fingerprint density at radius 3 is 2.35 bits per heavy atom. The standard InChI is InChI=1S/C16H19NO2S/c1-11(19-4)12-5-7-13(8-6-12)14-9-10-15(20-14)16(18)17(2)3/h5-11H,1-4H3. The Labute approximate surface area is 123 Å². The second-order valence-corrected chi connectivity index (χ2v) is 5.95. The largest absolute Gasteiger partial charge is 0.377 e. The Morgan fingerprint density at radius 2 is 1.80 bits per heavy atom. The van der Waals surface area contributed by atoms with E-state index in [-0.39, 0.29) is 12.0 Å². The molecule has 0 saturated heterocycles. The molecule has 1 amide bonds. The number of methoxy groups -OCH3 is 1. The second-order valence-electron chi connectivity index (χ2n) is 4.86. The van der Waals surface area contributed by atoms with Crippen LogP contribution in [-0.4, -0.2) is 32.0 Å². The number of thiophene rings is 1. The van der Waals surface area contributed by atoms with Crippen molar-refractivity contribution >= 4 is 17.2 Å². The predicted molar refractivity (Wildman–Crippen MR) is 83.2 cm³/mol. The summed E-state index contributed by atoms with van der Waals surface area (Å²) in [5, 5.41) is 0. The molecule has 0 radical (unpaired) electrons. The van der Waals surface area contributed by atoms with Crippen molar-refractivity contribution < 1.29 is 9.53 Å². The number of hydrogen-bond donors (Lipinski definition) is 0. The highest BCUT2D eigenvalue weighted by Gasteiger charge is 2.12. The Morgan fingerprint density at radius 1 is 1.15 bits per heavy atom. The zero-order chi connectivity index (χ0) is 14.7. The SMILES string of the molecule is COC(C)c1ccc(-c2ccc(C(=O)N(C)C)s2)cc1. The fourth-order valence-electron chi connectivity index (χ4n) is 1.88. The van der Waals surface area contributed by atoms with Crippen LogP contribution in [0.5, 0.6) is 0 Å². The van der Waals surface area contributed by atoms with E-state index in [4.69, 9.17) is 4.74 Å². The summed E-state index contributed by atoms with van der Waals surface area (Å²) < 4.78 is 5.30. The molecule has 1 aromatic heterocycles. The minimum Gasteiger partial charge on any atom is -0.377 e. The molecule has 0 saturated carbocycles. The normalized spacial score (nSPS) is 12.2. The number of carbonyl (C=O) groups is 1. The first-order chi connectivity index (χ1) is 9.52. The molecular formula is C16H19NO2S. The minimum absolute atomic E-state index is 0.0471. The van der Waals surface area contributed by atoms with Crippen LogP contribution >= 0.6 is 11.3 Å². The average Bonchev–Trinajstić information content (AvgIpc) is 2.95. The Hall–Kier alpha value is -1.65. The molecular weight excluding hydrogens is 270 g/mol. The molecule has 2 aromatic rings. The van der Waals surface area contributed by atoms with Crippen molar-refractivity contribution in [2.24, 2.45) is 0 Å². The molecule has 1 aromatic carbocycles. The van der Waals surface area contributed by atoms with Gasteiger partial charge in [-0.05, 0) is 30.2 Å². The molecule has 1 heterocycles. The van der Waals surface area contributed by atoms with Gasteiger partial charge in [0.25, 0.3) is 5.91 Å². The number of hydrogen-bond acceptors (Lipinski definition) is 3. The molecule has 0 aliphatic carbocycles. The molecule has 2 rings (SSSR count). The first kappa shape index (κ1) is 14.8. The van der Waals surface area contributed by atoms with Crippen LogP contribution in [-0.2, 0) is 4.74 Å². The predicted octanol–water partition coefficient (Wildman–Crippen LogP) is 3.82. The molecule has 0 fully saturated rings. The number of nitrogens with zero attached hydrogens (tertiary/aromatic N) is 1. The van der Waals surface area contributed by atoms with E-state index >= 15 is 0 Å². The summed E-state index contributed by atoms with van der Waals surface area (Å²) in [5.74, 6) is 0.0471. The highest BCUT2D eigenvalue weighted by Crippen LogP contribution is 2.29. The van der Waals surface area contributed by atoms with Crippen molar-refractivity contribution in [3.8, 4) is 10.4 Å². The third kappa shape index (κ3) is 3.08. The number of carbonyl (C=O) groups excluding carboxylic acids is 1. The van der Waals surface area contributed by atoms with Crippen molar-refractivity contribution in [1.29, 1.82) is 0 Å². The van der Waals surface area contributed by atoms with Gasteiger partial charge in [-0.25, -0.2) is 0 Å². The van der Waals surface area contributed by atoms with E-state index in [1.165, 1.54) is 11.3 Å². The summed E-state index contributed by atoms with van der Waals surface area (Å²) in [6.45, 7) is 2.02. The smallest absolute Gasteiger partial charge is 0.263 e. The van der Waals surface area contributed by atoms with Gasteiger partial charge in [-0.15, -0.1) is 11.3 Å². The number of benzene rings is 1. The number of ether oxygens (including phenoxy) is 1. The van der Waals surface area contributed by atoms with Gasteiger partial charge in [0.1, 0.15) is 0 Å². The quantitative estimate of drug-likeness (QED) is 0.856. The minimum atomic E-state index is 0.0471. The van der Waals surface area contributed by atoms with Crippen LogP contribution in [0.4, 0.5) is 0 Å². The molecule has 3 nitrogen and oxygen atoms in total. The molecule has 0 aliphatic heterocycles. The zero-order valence-electron chi connectivity index (χ0n) is 12.2. The van der Waals surface area contributed by atoms with E-state index in [1.54, 1.807) is 26.1 Å². The van der Waals surface area contributed by atoms with Gasteiger partial charge in [0.15, 0.2) is 0 Å². The van der Waals surface area contributed by atoms with Gasteiger partial charge in [0.2, 0.25) is 0 Å². The second kappa shape index (κ2) is 6.20. The van der Waals surface area contributed by atoms with Gasteiger partial charge in [0.05, 0.1) is 11.0 Å².